The minimum atomic E-state index is -0.279. The Morgan fingerprint density at radius 2 is 1.92 bits per heavy atom. The van der Waals surface area contributed by atoms with Crippen LogP contribution in [0.4, 0.5) is 4.39 Å². The third-order valence-electron chi connectivity index (χ3n) is 1.41. The monoisotopic (exact) mass is 164 g/mol. The van der Waals surface area contributed by atoms with Gasteiger partial charge in [0.1, 0.15) is 5.82 Å². The first-order valence-corrected chi connectivity index (χ1v) is 3.35. The van der Waals surface area contributed by atoms with Crippen molar-refractivity contribution < 1.29 is 4.39 Å². The molecule has 0 atom stereocenters. The summed E-state index contributed by atoms with van der Waals surface area (Å²) in [6.45, 7) is 0. The summed E-state index contributed by atoms with van der Waals surface area (Å²) in [5.74, 6) is -0.279. The molecule has 0 amide bonds. The van der Waals surface area contributed by atoms with E-state index in [0.717, 1.165) is 0 Å². The minimum Gasteiger partial charge on any atom is -0.207 e. The fourth-order valence-electron chi connectivity index (χ4n) is 0.860. The number of tetrazole rings is 1. The van der Waals surface area contributed by atoms with Crippen molar-refractivity contribution in [2.45, 2.75) is 0 Å². The Morgan fingerprint density at radius 1 is 1.17 bits per heavy atom. The highest BCUT2D eigenvalue weighted by atomic mass is 19.1. The van der Waals surface area contributed by atoms with Crippen LogP contribution in [0.1, 0.15) is 0 Å². The molecule has 12 heavy (non-hydrogen) atoms. The highest BCUT2D eigenvalue weighted by Crippen LogP contribution is 2.04. The largest absolute Gasteiger partial charge is 0.207 e. The molecule has 5 heteroatoms. The van der Waals surface area contributed by atoms with Crippen molar-refractivity contribution >= 4 is 0 Å². The van der Waals surface area contributed by atoms with Gasteiger partial charge in [0.25, 0.3) is 0 Å². The lowest BCUT2D eigenvalue weighted by Gasteiger charge is -1.95. The van der Waals surface area contributed by atoms with E-state index in [-0.39, 0.29) is 5.82 Å². The molecule has 0 aliphatic rings. The van der Waals surface area contributed by atoms with E-state index in [4.69, 9.17) is 0 Å². The Kier molecular flexibility index (Phi) is 1.55. The standard InChI is InChI=1S/C7H5FN4/c8-6-1-3-7(4-2-6)12-10-5-9-11-12/h1-5H. The molecule has 2 rings (SSSR count). The third kappa shape index (κ3) is 1.16. The van der Waals surface area contributed by atoms with E-state index in [2.05, 4.69) is 15.4 Å². The molecule has 0 radical (unpaired) electrons. The van der Waals surface area contributed by atoms with E-state index in [1.165, 1.54) is 23.3 Å². The van der Waals surface area contributed by atoms with E-state index in [1.54, 1.807) is 12.1 Å². The Bertz CT molecular complexity index is 353. The number of benzene rings is 1. The average molecular weight is 164 g/mol. The lowest BCUT2D eigenvalue weighted by molar-refractivity contribution is 0.625. The Morgan fingerprint density at radius 3 is 2.50 bits per heavy atom. The van der Waals surface area contributed by atoms with Gasteiger partial charge in [-0.2, -0.15) is 0 Å². The summed E-state index contributed by atoms with van der Waals surface area (Å²) in [6, 6.07) is 5.85. The van der Waals surface area contributed by atoms with Crippen molar-refractivity contribution in [1.82, 2.24) is 20.2 Å². The second kappa shape index (κ2) is 2.69. The van der Waals surface area contributed by atoms with Crippen molar-refractivity contribution in [3.63, 3.8) is 0 Å². The number of nitrogens with zero attached hydrogens (tertiary/aromatic N) is 4. The lowest BCUT2D eigenvalue weighted by Crippen LogP contribution is -1.98. The van der Waals surface area contributed by atoms with Gasteiger partial charge in [-0.15, -0.1) is 15.0 Å². The van der Waals surface area contributed by atoms with E-state index in [9.17, 15) is 4.39 Å². The second-order valence-corrected chi connectivity index (χ2v) is 2.20. The predicted octanol–water partition coefficient (Wildman–Crippen LogP) is 0.801. The molecular formula is C7H5FN4. The van der Waals surface area contributed by atoms with Crippen LogP contribution in [0, 0.1) is 5.82 Å². The molecule has 2 aromatic rings. The quantitative estimate of drug-likeness (QED) is 0.626. The fraction of sp³-hybridized carbons (Fsp3) is 0. The van der Waals surface area contributed by atoms with Crippen LogP contribution in [0.2, 0.25) is 0 Å². The van der Waals surface area contributed by atoms with Gasteiger partial charge in [-0.25, -0.2) is 4.39 Å². The molecule has 1 aromatic heterocycles. The van der Waals surface area contributed by atoms with E-state index < -0.39 is 0 Å². The molecule has 1 aromatic carbocycles. The SMILES string of the molecule is Fc1ccc(-n2ncnn2)cc1. The van der Waals surface area contributed by atoms with Crippen LogP contribution in [-0.2, 0) is 0 Å². The molecule has 0 unspecified atom stereocenters. The van der Waals surface area contributed by atoms with Crippen molar-refractivity contribution in [2.75, 3.05) is 0 Å². The summed E-state index contributed by atoms with van der Waals surface area (Å²) in [4.78, 5) is 1.32. The number of aromatic nitrogens is 4. The zero-order valence-corrected chi connectivity index (χ0v) is 6.05. The lowest BCUT2D eigenvalue weighted by atomic mass is 10.3. The van der Waals surface area contributed by atoms with E-state index in [0.29, 0.717) is 5.69 Å². The number of hydrogen-bond donors (Lipinski definition) is 0. The van der Waals surface area contributed by atoms with Gasteiger partial charge in [-0.1, -0.05) is 0 Å². The summed E-state index contributed by atoms with van der Waals surface area (Å²) < 4.78 is 12.5. The predicted molar refractivity (Wildman–Crippen MR) is 39.1 cm³/mol. The molecule has 0 saturated carbocycles. The van der Waals surface area contributed by atoms with E-state index in [1.807, 2.05) is 0 Å². The van der Waals surface area contributed by atoms with Gasteiger partial charge in [0, 0.05) is 0 Å². The van der Waals surface area contributed by atoms with Crippen LogP contribution in [0.5, 0.6) is 0 Å². The summed E-state index contributed by atoms with van der Waals surface area (Å²) >= 11 is 0. The number of hydrogen-bond acceptors (Lipinski definition) is 3. The van der Waals surface area contributed by atoms with Gasteiger partial charge in [-0.05, 0) is 29.5 Å². The summed E-state index contributed by atoms with van der Waals surface area (Å²) in [7, 11) is 0. The summed E-state index contributed by atoms with van der Waals surface area (Å²) in [5.41, 5.74) is 0.689. The molecular weight excluding hydrogens is 159 g/mol. The number of halogens is 1. The van der Waals surface area contributed by atoms with Crippen LogP contribution < -0.4 is 0 Å². The highest BCUT2D eigenvalue weighted by molar-refractivity contribution is 5.28. The maximum Gasteiger partial charge on any atom is 0.162 e. The maximum atomic E-state index is 12.5. The van der Waals surface area contributed by atoms with Crippen molar-refractivity contribution in [2.24, 2.45) is 0 Å². The van der Waals surface area contributed by atoms with Crippen LogP contribution >= 0.6 is 0 Å². The van der Waals surface area contributed by atoms with Crippen molar-refractivity contribution in [3.8, 4) is 5.69 Å². The normalized spacial score (nSPS) is 10.1. The maximum absolute atomic E-state index is 12.5. The molecule has 0 aliphatic carbocycles. The molecule has 0 aliphatic heterocycles. The molecule has 0 spiro atoms. The highest BCUT2D eigenvalue weighted by Gasteiger charge is 1.96. The van der Waals surface area contributed by atoms with Gasteiger partial charge < -0.3 is 0 Å². The minimum absolute atomic E-state index is 0.279. The summed E-state index contributed by atoms with van der Waals surface area (Å²) in [5, 5.41) is 11.0. The van der Waals surface area contributed by atoms with Crippen molar-refractivity contribution in [1.29, 1.82) is 0 Å². The van der Waals surface area contributed by atoms with Gasteiger partial charge >= 0.3 is 0 Å². The zero-order chi connectivity index (χ0) is 8.39. The third-order valence-corrected chi connectivity index (χ3v) is 1.41. The second-order valence-electron chi connectivity index (χ2n) is 2.20. The Balaban J connectivity index is 2.43. The molecule has 1 heterocycles. The van der Waals surface area contributed by atoms with Crippen molar-refractivity contribution in [3.05, 3.63) is 36.4 Å². The topological polar surface area (TPSA) is 43.6 Å². The Labute approximate surface area is 67.6 Å². The molecule has 0 bridgehead atoms. The first-order chi connectivity index (χ1) is 5.86. The van der Waals surface area contributed by atoms with Gasteiger partial charge in [0.05, 0.1) is 5.69 Å². The average Bonchev–Trinajstić information content (AvgIpc) is 2.58. The van der Waals surface area contributed by atoms with Crippen LogP contribution in [0.25, 0.3) is 5.69 Å². The van der Waals surface area contributed by atoms with Crippen LogP contribution in [0.3, 0.4) is 0 Å². The molecule has 60 valence electrons. The molecule has 0 saturated heterocycles. The summed E-state index contributed by atoms with van der Waals surface area (Å²) in [6.07, 6.45) is 1.32. The molecule has 0 N–H and O–H groups in total. The molecule has 4 nitrogen and oxygen atoms in total. The van der Waals surface area contributed by atoms with Gasteiger partial charge in [0.15, 0.2) is 6.33 Å². The van der Waals surface area contributed by atoms with Gasteiger partial charge in [0.2, 0.25) is 0 Å². The first kappa shape index (κ1) is 6.90. The zero-order valence-electron chi connectivity index (χ0n) is 6.05. The van der Waals surface area contributed by atoms with Crippen LogP contribution in [0.15, 0.2) is 30.6 Å². The van der Waals surface area contributed by atoms with E-state index >= 15 is 0 Å². The van der Waals surface area contributed by atoms with Crippen LogP contribution in [-0.4, -0.2) is 20.2 Å². The first-order valence-electron chi connectivity index (χ1n) is 3.35. The fourth-order valence-corrected chi connectivity index (χ4v) is 0.860. The van der Waals surface area contributed by atoms with Gasteiger partial charge in [-0.3, -0.25) is 0 Å². The number of rotatable bonds is 1. The smallest absolute Gasteiger partial charge is 0.162 e. The molecule has 0 fully saturated rings. The Hall–Kier alpha value is -1.78.